The molecular weight excluding hydrogens is 388 g/mol. The Hall–Kier alpha value is -2.64. The number of hydrogen-bond acceptors (Lipinski definition) is 6. The lowest BCUT2D eigenvalue weighted by Gasteiger charge is -2.12. The highest BCUT2D eigenvalue weighted by molar-refractivity contribution is 7.14. The number of anilines is 1. The summed E-state index contributed by atoms with van der Waals surface area (Å²) in [7, 11) is 1.31. The Labute approximate surface area is 164 Å². The first-order valence-corrected chi connectivity index (χ1v) is 9.50. The highest BCUT2D eigenvalue weighted by Gasteiger charge is 2.54. The van der Waals surface area contributed by atoms with Crippen molar-refractivity contribution in [3.05, 3.63) is 58.1 Å². The van der Waals surface area contributed by atoms with Crippen molar-refractivity contribution in [3.63, 3.8) is 0 Å². The van der Waals surface area contributed by atoms with Crippen LogP contribution in [0.2, 0.25) is 5.02 Å². The Kier molecular flexibility index (Phi) is 4.49. The predicted octanol–water partition coefficient (Wildman–Crippen LogP) is 4.51. The molecule has 6 nitrogen and oxygen atoms in total. The van der Waals surface area contributed by atoms with Gasteiger partial charge in [0, 0.05) is 16.7 Å². The molecule has 0 unspecified atom stereocenters. The van der Waals surface area contributed by atoms with E-state index in [1.54, 1.807) is 29.6 Å². The van der Waals surface area contributed by atoms with Gasteiger partial charge in [0.2, 0.25) is 5.91 Å². The number of halogens is 1. The number of benzene rings is 1. The molecule has 1 N–H and O–H groups in total. The molecule has 0 spiro atoms. The van der Waals surface area contributed by atoms with Gasteiger partial charge in [0.1, 0.15) is 5.00 Å². The van der Waals surface area contributed by atoms with Crippen LogP contribution in [0.3, 0.4) is 0 Å². The van der Waals surface area contributed by atoms with Crippen molar-refractivity contribution in [2.24, 2.45) is 0 Å². The Morgan fingerprint density at radius 1 is 1.26 bits per heavy atom. The van der Waals surface area contributed by atoms with Crippen molar-refractivity contribution >= 4 is 39.8 Å². The monoisotopic (exact) mass is 402 g/mol. The Morgan fingerprint density at radius 3 is 2.67 bits per heavy atom. The summed E-state index contributed by atoms with van der Waals surface area (Å²) in [6.45, 7) is 0. The lowest BCUT2D eigenvalue weighted by Crippen LogP contribution is -2.28. The van der Waals surface area contributed by atoms with Gasteiger partial charge in [-0.25, -0.2) is 4.79 Å². The first kappa shape index (κ1) is 17.8. The average molecular weight is 403 g/mol. The molecule has 4 rings (SSSR count). The number of ether oxygens (including phenoxy) is 1. The largest absolute Gasteiger partial charge is 0.465 e. The van der Waals surface area contributed by atoms with Gasteiger partial charge in [-0.2, -0.15) is 0 Å². The van der Waals surface area contributed by atoms with Crippen molar-refractivity contribution in [2.45, 2.75) is 18.3 Å². The highest BCUT2D eigenvalue weighted by atomic mass is 35.5. The molecule has 1 amide bonds. The van der Waals surface area contributed by atoms with E-state index in [4.69, 9.17) is 20.9 Å². The van der Waals surface area contributed by atoms with E-state index in [2.05, 4.69) is 10.5 Å². The third kappa shape index (κ3) is 3.24. The molecule has 1 aliphatic rings. The summed E-state index contributed by atoms with van der Waals surface area (Å²) in [5.41, 5.74) is 1.03. The van der Waals surface area contributed by atoms with E-state index in [9.17, 15) is 9.59 Å². The van der Waals surface area contributed by atoms with Crippen molar-refractivity contribution < 1.29 is 18.8 Å². The molecule has 0 bridgehead atoms. The minimum absolute atomic E-state index is 0.203. The second-order valence-corrected chi connectivity index (χ2v) is 7.63. The molecular formula is C19H15ClN2O4S. The zero-order valence-electron chi connectivity index (χ0n) is 14.3. The van der Waals surface area contributed by atoms with Gasteiger partial charge in [0.05, 0.1) is 23.8 Å². The predicted molar refractivity (Wildman–Crippen MR) is 102 cm³/mol. The first-order chi connectivity index (χ1) is 13.0. The SMILES string of the molecule is COC(=O)c1ccsc1NC(=O)C1(c2cc(-c3ccc(Cl)cc3)on2)CC1. The summed E-state index contributed by atoms with van der Waals surface area (Å²) in [5, 5.41) is 9.80. The van der Waals surface area contributed by atoms with E-state index in [1.165, 1.54) is 18.4 Å². The van der Waals surface area contributed by atoms with E-state index in [-0.39, 0.29) is 5.91 Å². The quantitative estimate of drug-likeness (QED) is 0.635. The second-order valence-electron chi connectivity index (χ2n) is 6.27. The van der Waals surface area contributed by atoms with Gasteiger partial charge < -0.3 is 14.6 Å². The van der Waals surface area contributed by atoms with Crippen molar-refractivity contribution in [1.82, 2.24) is 5.16 Å². The van der Waals surface area contributed by atoms with E-state index in [0.717, 1.165) is 5.56 Å². The molecule has 138 valence electrons. The topological polar surface area (TPSA) is 81.4 Å². The maximum absolute atomic E-state index is 12.9. The maximum atomic E-state index is 12.9. The van der Waals surface area contributed by atoms with Gasteiger partial charge in [-0.15, -0.1) is 11.3 Å². The fourth-order valence-electron chi connectivity index (χ4n) is 2.87. The summed E-state index contributed by atoms with van der Waals surface area (Å²) < 4.78 is 10.2. The van der Waals surface area contributed by atoms with Crippen LogP contribution in [0.25, 0.3) is 11.3 Å². The number of nitrogens with zero attached hydrogens (tertiary/aromatic N) is 1. The van der Waals surface area contributed by atoms with Crippen LogP contribution < -0.4 is 5.32 Å². The second kappa shape index (κ2) is 6.83. The minimum Gasteiger partial charge on any atom is -0.465 e. The van der Waals surface area contributed by atoms with Crippen LogP contribution in [-0.2, 0) is 14.9 Å². The third-order valence-electron chi connectivity index (χ3n) is 4.61. The molecule has 27 heavy (non-hydrogen) atoms. The normalized spacial score (nSPS) is 14.6. The number of nitrogens with one attached hydrogen (secondary N) is 1. The molecule has 8 heteroatoms. The summed E-state index contributed by atoms with van der Waals surface area (Å²) in [5.74, 6) is -0.110. The van der Waals surface area contributed by atoms with Gasteiger partial charge in [-0.05, 0) is 48.6 Å². The van der Waals surface area contributed by atoms with E-state index >= 15 is 0 Å². The number of thiophene rings is 1. The number of hydrogen-bond donors (Lipinski definition) is 1. The van der Waals surface area contributed by atoms with Gasteiger partial charge in [0.15, 0.2) is 5.76 Å². The van der Waals surface area contributed by atoms with Crippen molar-refractivity contribution in [2.75, 3.05) is 12.4 Å². The van der Waals surface area contributed by atoms with E-state index in [0.29, 0.717) is 39.9 Å². The molecule has 0 saturated heterocycles. The van der Waals surface area contributed by atoms with Crippen molar-refractivity contribution in [1.29, 1.82) is 0 Å². The zero-order chi connectivity index (χ0) is 19.0. The number of carbonyl (C=O) groups excluding carboxylic acids is 2. The number of rotatable bonds is 5. The molecule has 3 aromatic rings. The zero-order valence-corrected chi connectivity index (χ0v) is 15.9. The van der Waals surface area contributed by atoms with Crippen LogP contribution in [0.5, 0.6) is 0 Å². The number of carbonyl (C=O) groups is 2. The molecule has 1 aliphatic carbocycles. The van der Waals surface area contributed by atoms with Gasteiger partial charge in [0.25, 0.3) is 0 Å². The Morgan fingerprint density at radius 2 is 2.00 bits per heavy atom. The summed E-state index contributed by atoms with van der Waals surface area (Å²) in [6.07, 6.45) is 1.34. The molecule has 2 aromatic heterocycles. The molecule has 0 aliphatic heterocycles. The van der Waals surface area contributed by atoms with Gasteiger partial charge in [-0.3, -0.25) is 4.79 Å². The Balaban J connectivity index is 1.56. The van der Waals surface area contributed by atoms with E-state index in [1.807, 2.05) is 12.1 Å². The molecule has 0 atom stereocenters. The molecule has 0 radical (unpaired) electrons. The Bertz CT molecular complexity index is 1000. The highest BCUT2D eigenvalue weighted by Crippen LogP contribution is 2.49. The molecule has 2 heterocycles. The summed E-state index contributed by atoms with van der Waals surface area (Å²) >= 11 is 7.19. The minimum atomic E-state index is -0.731. The fraction of sp³-hybridized carbons (Fsp3) is 0.211. The van der Waals surface area contributed by atoms with Gasteiger partial charge >= 0.3 is 5.97 Å². The van der Waals surface area contributed by atoms with Crippen LogP contribution in [0.15, 0.2) is 46.3 Å². The van der Waals surface area contributed by atoms with Crippen molar-refractivity contribution in [3.8, 4) is 11.3 Å². The van der Waals surface area contributed by atoms with E-state index < -0.39 is 11.4 Å². The summed E-state index contributed by atoms with van der Waals surface area (Å²) in [4.78, 5) is 24.7. The lowest BCUT2D eigenvalue weighted by atomic mass is 10.0. The third-order valence-corrected chi connectivity index (χ3v) is 5.69. The fourth-order valence-corrected chi connectivity index (χ4v) is 3.77. The smallest absolute Gasteiger partial charge is 0.340 e. The molecule has 1 fully saturated rings. The summed E-state index contributed by atoms with van der Waals surface area (Å²) in [6, 6.07) is 10.6. The first-order valence-electron chi connectivity index (χ1n) is 8.24. The number of aromatic nitrogens is 1. The molecule has 1 saturated carbocycles. The number of methoxy groups -OCH3 is 1. The number of esters is 1. The van der Waals surface area contributed by atoms with Crippen LogP contribution in [-0.4, -0.2) is 24.1 Å². The lowest BCUT2D eigenvalue weighted by molar-refractivity contribution is -0.118. The van der Waals surface area contributed by atoms with Crippen LogP contribution in [0.4, 0.5) is 5.00 Å². The number of amides is 1. The molecule has 1 aromatic carbocycles. The van der Waals surface area contributed by atoms with Gasteiger partial charge in [-0.1, -0.05) is 16.8 Å². The maximum Gasteiger partial charge on any atom is 0.340 e. The van der Waals surface area contributed by atoms with Crippen LogP contribution >= 0.6 is 22.9 Å². The average Bonchev–Trinajstić information content (AvgIpc) is 3.11. The van der Waals surface area contributed by atoms with Crippen LogP contribution in [0, 0.1) is 0 Å². The standard InChI is InChI=1S/C19H15ClN2O4S/c1-25-17(23)13-6-9-27-16(13)21-18(24)19(7-8-19)15-10-14(26-22-15)11-2-4-12(20)5-3-11/h2-6,9-10H,7-8H2,1H3,(H,21,24). The van der Waals surface area contributed by atoms with Crippen LogP contribution in [0.1, 0.15) is 28.9 Å².